The van der Waals surface area contributed by atoms with Gasteiger partial charge in [-0.3, -0.25) is 4.90 Å². The van der Waals surface area contributed by atoms with Crippen molar-refractivity contribution in [3.8, 4) is 0 Å². The number of halogens is 1. The molecule has 0 spiro atoms. The highest BCUT2D eigenvalue weighted by Crippen LogP contribution is 2.12. The quantitative estimate of drug-likeness (QED) is 0.348. The Morgan fingerprint density at radius 2 is 1.75 bits per heavy atom. The van der Waals surface area contributed by atoms with Crippen LogP contribution in [0.15, 0.2) is 59.8 Å². The summed E-state index contributed by atoms with van der Waals surface area (Å²) in [5.74, 6) is -0.237. The first-order valence-electron chi connectivity index (χ1n) is 10.1. The fourth-order valence-electron chi connectivity index (χ4n) is 3.29. The SMILES string of the molecule is Fc1ccc(C(CCCc2ccccc2)=NOCCCN2CCOCC2)cc1. The topological polar surface area (TPSA) is 34.1 Å². The van der Waals surface area contributed by atoms with Gasteiger partial charge in [0.05, 0.1) is 18.9 Å². The standard InChI is InChI=1S/C23H29FN2O2/c24-22-12-10-21(11-13-22)23(9-4-8-20-6-2-1-3-7-20)25-28-17-5-14-26-15-18-27-19-16-26/h1-3,6-7,10-13H,4-5,8-9,14-19H2. The van der Waals surface area contributed by atoms with Gasteiger partial charge in [0.1, 0.15) is 12.4 Å². The first-order valence-corrected chi connectivity index (χ1v) is 10.1. The van der Waals surface area contributed by atoms with Crippen LogP contribution in [0.3, 0.4) is 0 Å². The Morgan fingerprint density at radius 1 is 1.00 bits per heavy atom. The zero-order chi connectivity index (χ0) is 19.4. The van der Waals surface area contributed by atoms with Crippen LogP contribution in [0.2, 0.25) is 0 Å². The molecule has 1 aliphatic heterocycles. The summed E-state index contributed by atoms with van der Waals surface area (Å²) in [6.45, 7) is 5.19. The van der Waals surface area contributed by atoms with Gasteiger partial charge in [-0.2, -0.15) is 0 Å². The lowest BCUT2D eigenvalue weighted by atomic mass is 10.0. The van der Waals surface area contributed by atoms with E-state index in [-0.39, 0.29) is 5.82 Å². The highest BCUT2D eigenvalue weighted by atomic mass is 19.1. The van der Waals surface area contributed by atoms with Gasteiger partial charge in [0.25, 0.3) is 0 Å². The van der Waals surface area contributed by atoms with E-state index in [2.05, 4.69) is 34.3 Å². The highest BCUT2D eigenvalue weighted by Gasteiger charge is 2.10. The van der Waals surface area contributed by atoms with Crippen molar-refractivity contribution in [2.45, 2.75) is 25.7 Å². The number of oxime groups is 1. The molecule has 3 rings (SSSR count). The summed E-state index contributed by atoms with van der Waals surface area (Å²) in [5, 5.41) is 4.39. The number of rotatable bonds is 10. The zero-order valence-electron chi connectivity index (χ0n) is 16.4. The zero-order valence-corrected chi connectivity index (χ0v) is 16.4. The number of benzene rings is 2. The van der Waals surface area contributed by atoms with Crippen LogP contribution in [0.25, 0.3) is 0 Å². The fourth-order valence-corrected chi connectivity index (χ4v) is 3.29. The summed E-state index contributed by atoms with van der Waals surface area (Å²) in [5.41, 5.74) is 3.11. The van der Waals surface area contributed by atoms with Crippen molar-refractivity contribution in [1.82, 2.24) is 4.90 Å². The molecule has 0 amide bonds. The van der Waals surface area contributed by atoms with Crippen molar-refractivity contribution in [1.29, 1.82) is 0 Å². The highest BCUT2D eigenvalue weighted by molar-refractivity contribution is 6.00. The molecule has 28 heavy (non-hydrogen) atoms. The molecule has 5 heteroatoms. The van der Waals surface area contributed by atoms with E-state index in [0.29, 0.717) is 6.61 Å². The van der Waals surface area contributed by atoms with Gasteiger partial charge in [0, 0.05) is 19.6 Å². The Morgan fingerprint density at radius 3 is 2.50 bits per heavy atom. The molecule has 1 saturated heterocycles. The second-order valence-corrected chi connectivity index (χ2v) is 7.02. The fraction of sp³-hybridized carbons (Fsp3) is 0.435. The van der Waals surface area contributed by atoms with Crippen molar-refractivity contribution in [3.63, 3.8) is 0 Å². The number of morpholine rings is 1. The van der Waals surface area contributed by atoms with Gasteiger partial charge in [0.15, 0.2) is 0 Å². The Balaban J connectivity index is 1.49. The third-order valence-corrected chi connectivity index (χ3v) is 4.89. The van der Waals surface area contributed by atoms with Crippen LogP contribution in [0.5, 0.6) is 0 Å². The molecule has 1 heterocycles. The molecular formula is C23H29FN2O2. The van der Waals surface area contributed by atoms with Crippen LogP contribution in [0.4, 0.5) is 4.39 Å². The second kappa shape index (κ2) is 11.6. The Bertz CT molecular complexity index is 713. The number of hydrogen-bond acceptors (Lipinski definition) is 4. The van der Waals surface area contributed by atoms with Crippen LogP contribution in [-0.2, 0) is 16.0 Å². The lowest BCUT2D eigenvalue weighted by molar-refractivity contribution is 0.0322. The van der Waals surface area contributed by atoms with Crippen LogP contribution in [-0.4, -0.2) is 50.1 Å². The minimum absolute atomic E-state index is 0.237. The van der Waals surface area contributed by atoms with Gasteiger partial charge in [-0.15, -0.1) is 0 Å². The number of ether oxygens (including phenoxy) is 1. The van der Waals surface area contributed by atoms with Crippen molar-refractivity contribution in [2.24, 2.45) is 5.16 Å². The first kappa shape index (κ1) is 20.5. The Hall–Kier alpha value is -2.24. The predicted octanol–water partition coefficient (Wildman–Crippen LogP) is 4.29. The first-order chi connectivity index (χ1) is 13.8. The van der Waals surface area contributed by atoms with Gasteiger partial charge in [-0.25, -0.2) is 4.39 Å². The van der Waals surface area contributed by atoms with Gasteiger partial charge in [-0.05, 0) is 48.9 Å². The lowest BCUT2D eigenvalue weighted by Gasteiger charge is -2.26. The summed E-state index contributed by atoms with van der Waals surface area (Å²) in [6, 6.07) is 16.9. The molecule has 2 aromatic carbocycles. The average Bonchev–Trinajstić information content (AvgIpc) is 2.74. The molecular weight excluding hydrogens is 355 g/mol. The van der Waals surface area contributed by atoms with Gasteiger partial charge >= 0.3 is 0 Å². The Kier molecular flexibility index (Phi) is 8.47. The monoisotopic (exact) mass is 384 g/mol. The van der Waals surface area contributed by atoms with E-state index in [1.54, 1.807) is 12.1 Å². The Labute approximate surface area is 166 Å². The van der Waals surface area contributed by atoms with E-state index in [1.807, 2.05) is 6.07 Å². The molecule has 2 aromatic rings. The van der Waals surface area contributed by atoms with Gasteiger partial charge in [0.2, 0.25) is 0 Å². The summed E-state index contributed by atoms with van der Waals surface area (Å²) in [7, 11) is 0. The molecule has 0 N–H and O–H groups in total. The van der Waals surface area contributed by atoms with Gasteiger partial charge < -0.3 is 9.57 Å². The smallest absolute Gasteiger partial charge is 0.123 e. The van der Waals surface area contributed by atoms with Crippen molar-refractivity contribution in [3.05, 3.63) is 71.5 Å². The molecule has 0 aliphatic carbocycles. The van der Waals surface area contributed by atoms with Crippen LogP contribution in [0, 0.1) is 5.82 Å². The molecule has 0 aromatic heterocycles. The summed E-state index contributed by atoms with van der Waals surface area (Å²) in [4.78, 5) is 8.00. The number of hydrogen-bond donors (Lipinski definition) is 0. The maximum absolute atomic E-state index is 13.3. The van der Waals surface area contributed by atoms with E-state index >= 15 is 0 Å². The van der Waals surface area contributed by atoms with E-state index in [9.17, 15) is 4.39 Å². The van der Waals surface area contributed by atoms with Crippen molar-refractivity contribution < 1.29 is 14.0 Å². The molecule has 0 unspecified atom stereocenters. The molecule has 150 valence electrons. The van der Waals surface area contributed by atoms with Gasteiger partial charge in [-0.1, -0.05) is 47.6 Å². The van der Waals surface area contributed by atoms with Crippen LogP contribution < -0.4 is 0 Å². The summed E-state index contributed by atoms with van der Waals surface area (Å²) in [6.07, 6.45) is 3.68. The summed E-state index contributed by atoms with van der Waals surface area (Å²) >= 11 is 0. The van der Waals surface area contributed by atoms with E-state index in [0.717, 1.165) is 69.8 Å². The second-order valence-electron chi connectivity index (χ2n) is 7.02. The van der Waals surface area contributed by atoms with Crippen molar-refractivity contribution >= 4 is 5.71 Å². The van der Waals surface area contributed by atoms with E-state index in [4.69, 9.17) is 9.57 Å². The largest absolute Gasteiger partial charge is 0.396 e. The van der Waals surface area contributed by atoms with Crippen molar-refractivity contribution in [2.75, 3.05) is 39.5 Å². The number of nitrogens with zero attached hydrogens (tertiary/aromatic N) is 2. The molecule has 4 nitrogen and oxygen atoms in total. The normalized spacial score (nSPS) is 15.5. The minimum Gasteiger partial charge on any atom is -0.396 e. The maximum Gasteiger partial charge on any atom is 0.123 e. The predicted molar refractivity (Wildman–Crippen MR) is 110 cm³/mol. The van der Waals surface area contributed by atoms with Crippen LogP contribution in [0.1, 0.15) is 30.4 Å². The third kappa shape index (κ3) is 7.06. The average molecular weight is 384 g/mol. The minimum atomic E-state index is -0.237. The molecule has 1 fully saturated rings. The van der Waals surface area contributed by atoms with Crippen LogP contribution >= 0.6 is 0 Å². The molecule has 0 atom stereocenters. The molecule has 1 aliphatic rings. The maximum atomic E-state index is 13.3. The van der Waals surface area contributed by atoms with E-state index in [1.165, 1.54) is 17.7 Å². The molecule has 0 bridgehead atoms. The third-order valence-electron chi connectivity index (χ3n) is 4.89. The molecule has 0 saturated carbocycles. The van der Waals surface area contributed by atoms with E-state index < -0.39 is 0 Å². The summed E-state index contributed by atoms with van der Waals surface area (Å²) < 4.78 is 18.6. The lowest BCUT2D eigenvalue weighted by Crippen LogP contribution is -2.37. The number of aryl methyl sites for hydroxylation is 1. The molecule has 0 radical (unpaired) electrons.